The number of nitrogens with zero attached hydrogens (tertiary/aromatic N) is 4. The van der Waals surface area contributed by atoms with Crippen LogP contribution in [0, 0.1) is 25.5 Å². The van der Waals surface area contributed by atoms with E-state index in [1.165, 1.54) is 10.6 Å². The lowest BCUT2D eigenvalue weighted by Gasteiger charge is -2.16. The van der Waals surface area contributed by atoms with E-state index in [1.807, 2.05) is 45.0 Å². The molecule has 2 aromatic carbocycles. The van der Waals surface area contributed by atoms with Crippen LogP contribution in [0.2, 0.25) is 5.02 Å². The van der Waals surface area contributed by atoms with Crippen LogP contribution in [0.3, 0.4) is 0 Å². The summed E-state index contributed by atoms with van der Waals surface area (Å²) in [4.78, 5) is 26.5. The standard InChI is InChI=1S/C26H23ClF2N4O2/c1-14(2)24-30-10-9-21(32-24)17-6-5-15(3)22(11-17)33-16(4)31-25(23(27)26(33)34)35-13-18-7-8-19(28)12-20(18)29/h5-12,14H,13H2,1-4H3. The second kappa shape index (κ2) is 9.92. The van der Waals surface area contributed by atoms with Gasteiger partial charge in [0.1, 0.15) is 29.9 Å². The first-order valence-electron chi connectivity index (χ1n) is 11.0. The van der Waals surface area contributed by atoms with E-state index in [4.69, 9.17) is 16.3 Å². The van der Waals surface area contributed by atoms with Gasteiger partial charge in [0.15, 0.2) is 5.02 Å². The first-order valence-corrected chi connectivity index (χ1v) is 11.3. The Morgan fingerprint density at radius 3 is 2.54 bits per heavy atom. The second-order valence-corrected chi connectivity index (χ2v) is 8.78. The Morgan fingerprint density at radius 2 is 1.83 bits per heavy atom. The third-order valence-electron chi connectivity index (χ3n) is 5.48. The monoisotopic (exact) mass is 496 g/mol. The largest absolute Gasteiger partial charge is 0.471 e. The Bertz CT molecular complexity index is 1470. The zero-order valence-corrected chi connectivity index (χ0v) is 20.4. The topological polar surface area (TPSA) is 69.9 Å². The maximum Gasteiger partial charge on any atom is 0.280 e. The first kappa shape index (κ1) is 24.5. The Balaban J connectivity index is 1.71. The molecule has 35 heavy (non-hydrogen) atoms. The lowest BCUT2D eigenvalue weighted by molar-refractivity contribution is 0.285. The number of halogens is 3. The van der Waals surface area contributed by atoms with Crippen molar-refractivity contribution in [1.82, 2.24) is 19.5 Å². The van der Waals surface area contributed by atoms with E-state index in [0.29, 0.717) is 11.5 Å². The minimum Gasteiger partial charge on any atom is -0.471 e. The van der Waals surface area contributed by atoms with E-state index >= 15 is 0 Å². The number of benzene rings is 2. The molecule has 0 saturated heterocycles. The highest BCUT2D eigenvalue weighted by molar-refractivity contribution is 6.31. The molecule has 0 aliphatic rings. The maximum absolute atomic E-state index is 13.9. The Hall–Kier alpha value is -3.65. The van der Waals surface area contributed by atoms with Crippen LogP contribution in [-0.2, 0) is 6.61 Å². The molecule has 2 aromatic heterocycles. The summed E-state index contributed by atoms with van der Waals surface area (Å²) >= 11 is 6.32. The van der Waals surface area contributed by atoms with Crippen LogP contribution in [0.4, 0.5) is 8.78 Å². The van der Waals surface area contributed by atoms with Crippen molar-refractivity contribution in [2.75, 3.05) is 0 Å². The van der Waals surface area contributed by atoms with Gasteiger partial charge in [-0.25, -0.2) is 18.7 Å². The van der Waals surface area contributed by atoms with Gasteiger partial charge in [0.2, 0.25) is 5.88 Å². The summed E-state index contributed by atoms with van der Waals surface area (Å²) in [6.07, 6.45) is 1.71. The van der Waals surface area contributed by atoms with Crippen molar-refractivity contribution in [3.05, 3.63) is 98.4 Å². The summed E-state index contributed by atoms with van der Waals surface area (Å²) in [5.74, 6) is -0.352. The quantitative estimate of drug-likeness (QED) is 0.330. The van der Waals surface area contributed by atoms with Gasteiger partial charge >= 0.3 is 0 Å². The fourth-order valence-corrected chi connectivity index (χ4v) is 3.75. The van der Waals surface area contributed by atoms with Crippen molar-refractivity contribution < 1.29 is 13.5 Å². The molecule has 0 fully saturated rings. The summed E-state index contributed by atoms with van der Waals surface area (Å²) in [5, 5.41) is -0.243. The summed E-state index contributed by atoms with van der Waals surface area (Å²) in [6, 6.07) is 10.6. The van der Waals surface area contributed by atoms with Gasteiger partial charge in [-0.15, -0.1) is 0 Å². The van der Waals surface area contributed by atoms with Gasteiger partial charge in [0.05, 0.1) is 11.4 Å². The van der Waals surface area contributed by atoms with Crippen LogP contribution in [0.25, 0.3) is 16.9 Å². The number of hydrogen-bond donors (Lipinski definition) is 0. The van der Waals surface area contributed by atoms with Crippen molar-refractivity contribution in [3.63, 3.8) is 0 Å². The first-order chi connectivity index (χ1) is 16.7. The van der Waals surface area contributed by atoms with Crippen LogP contribution in [0.1, 0.15) is 42.5 Å². The number of rotatable bonds is 6. The molecule has 0 radical (unpaired) electrons. The Labute approximate surface area is 206 Å². The molecule has 0 aliphatic heterocycles. The van der Waals surface area contributed by atoms with Gasteiger partial charge in [0.25, 0.3) is 5.56 Å². The molecule has 0 unspecified atom stereocenters. The average molecular weight is 497 g/mol. The van der Waals surface area contributed by atoms with Crippen LogP contribution < -0.4 is 10.3 Å². The summed E-state index contributed by atoms with van der Waals surface area (Å²) in [6.45, 7) is 7.30. The third-order valence-corrected chi connectivity index (χ3v) is 5.80. The molecule has 6 nitrogen and oxygen atoms in total. The van der Waals surface area contributed by atoms with Crippen LogP contribution >= 0.6 is 11.6 Å². The van der Waals surface area contributed by atoms with E-state index < -0.39 is 17.2 Å². The number of hydrogen-bond acceptors (Lipinski definition) is 5. The van der Waals surface area contributed by atoms with Crippen LogP contribution in [0.5, 0.6) is 5.88 Å². The summed E-state index contributed by atoms with van der Waals surface area (Å²) in [7, 11) is 0. The van der Waals surface area contributed by atoms with Gasteiger partial charge in [-0.2, -0.15) is 4.98 Å². The fourth-order valence-electron chi connectivity index (χ4n) is 3.57. The Morgan fingerprint density at radius 1 is 1.06 bits per heavy atom. The van der Waals surface area contributed by atoms with Gasteiger partial charge in [-0.05, 0) is 43.7 Å². The third kappa shape index (κ3) is 5.07. The minimum absolute atomic E-state index is 0.111. The predicted molar refractivity (Wildman–Crippen MR) is 130 cm³/mol. The summed E-state index contributed by atoms with van der Waals surface area (Å²) in [5.41, 5.74) is 2.55. The van der Waals surface area contributed by atoms with Gasteiger partial charge in [-0.1, -0.05) is 37.6 Å². The number of ether oxygens (including phenoxy) is 1. The zero-order valence-electron chi connectivity index (χ0n) is 19.6. The normalized spacial score (nSPS) is 11.2. The molecule has 0 aliphatic carbocycles. The molecular weight excluding hydrogens is 474 g/mol. The highest BCUT2D eigenvalue weighted by Crippen LogP contribution is 2.26. The van der Waals surface area contributed by atoms with Crippen molar-refractivity contribution in [3.8, 4) is 22.8 Å². The molecule has 0 bridgehead atoms. The van der Waals surface area contributed by atoms with E-state index in [2.05, 4.69) is 15.0 Å². The molecule has 180 valence electrons. The SMILES string of the molecule is Cc1ccc(-c2ccnc(C(C)C)n2)cc1-n1c(C)nc(OCc2ccc(F)cc2F)c(Cl)c1=O. The number of aryl methyl sites for hydroxylation is 2. The molecule has 0 amide bonds. The summed E-state index contributed by atoms with van der Waals surface area (Å²) < 4.78 is 34.0. The van der Waals surface area contributed by atoms with Gasteiger partial charge < -0.3 is 4.74 Å². The molecule has 2 heterocycles. The smallest absolute Gasteiger partial charge is 0.280 e. The van der Waals surface area contributed by atoms with Gasteiger partial charge in [-0.3, -0.25) is 9.36 Å². The molecule has 4 aromatic rings. The zero-order chi connectivity index (χ0) is 25.3. The van der Waals surface area contributed by atoms with E-state index in [0.717, 1.165) is 34.8 Å². The van der Waals surface area contributed by atoms with Crippen molar-refractivity contribution in [1.29, 1.82) is 0 Å². The fraction of sp³-hybridized carbons (Fsp3) is 0.231. The predicted octanol–water partition coefficient (Wildman–Crippen LogP) is 5.94. The minimum atomic E-state index is -0.760. The molecular formula is C26H23ClF2N4O2. The molecule has 0 atom stereocenters. The lowest BCUT2D eigenvalue weighted by Crippen LogP contribution is -2.24. The van der Waals surface area contributed by atoms with E-state index in [-0.39, 0.29) is 29.0 Å². The molecule has 0 N–H and O–H groups in total. The molecule has 4 rings (SSSR count). The van der Waals surface area contributed by atoms with Crippen LogP contribution in [-0.4, -0.2) is 19.5 Å². The highest BCUT2D eigenvalue weighted by atomic mass is 35.5. The van der Waals surface area contributed by atoms with Crippen LogP contribution in [0.15, 0.2) is 53.5 Å². The van der Waals surface area contributed by atoms with Gasteiger partial charge in [0, 0.05) is 29.3 Å². The lowest BCUT2D eigenvalue weighted by atomic mass is 10.1. The molecule has 9 heteroatoms. The molecule has 0 spiro atoms. The second-order valence-electron chi connectivity index (χ2n) is 8.40. The van der Waals surface area contributed by atoms with E-state index in [1.54, 1.807) is 13.1 Å². The molecule has 0 saturated carbocycles. The van der Waals surface area contributed by atoms with E-state index in [9.17, 15) is 13.6 Å². The van der Waals surface area contributed by atoms with Crippen molar-refractivity contribution >= 4 is 11.6 Å². The maximum atomic E-state index is 13.9. The Kier molecular flexibility index (Phi) is 6.93. The average Bonchev–Trinajstić information content (AvgIpc) is 2.82. The highest BCUT2D eigenvalue weighted by Gasteiger charge is 2.18. The number of aromatic nitrogens is 4. The van der Waals surface area contributed by atoms with Crippen molar-refractivity contribution in [2.45, 2.75) is 40.2 Å². The van der Waals surface area contributed by atoms with Crippen molar-refractivity contribution in [2.24, 2.45) is 0 Å².